The van der Waals surface area contributed by atoms with Gasteiger partial charge in [-0.15, -0.1) is 0 Å². The van der Waals surface area contributed by atoms with Crippen LogP contribution in [0.2, 0.25) is 10.0 Å². The fourth-order valence-electron chi connectivity index (χ4n) is 3.71. The molecule has 0 fully saturated rings. The van der Waals surface area contributed by atoms with E-state index in [2.05, 4.69) is 20.0 Å². The normalized spacial score (nSPS) is 12.7. The molecule has 46 heavy (non-hydrogen) atoms. The summed E-state index contributed by atoms with van der Waals surface area (Å²) in [7, 11) is 0. The number of benzene rings is 2. The van der Waals surface area contributed by atoms with Crippen LogP contribution in [0.1, 0.15) is 37.8 Å². The molecule has 0 aliphatic carbocycles. The van der Waals surface area contributed by atoms with Gasteiger partial charge in [-0.25, -0.2) is 20.0 Å². The molecule has 0 saturated heterocycles. The van der Waals surface area contributed by atoms with Gasteiger partial charge in [-0.1, -0.05) is 37.0 Å². The molecule has 0 bridgehead atoms. The molecule has 2 aromatic heterocycles. The second-order valence-electron chi connectivity index (χ2n) is 9.42. The smallest absolute Gasteiger partial charge is 0.374 e. The first-order valence-electron chi connectivity index (χ1n) is 13.8. The molecule has 8 nitrogen and oxygen atoms in total. The van der Waals surface area contributed by atoms with Crippen LogP contribution in [0.4, 0.5) is 37.7 Å². The molecule has 0 amide bonds. The van der Waals surface area contributed by atoms with Crippen molar-refractivity contribution in [2.24, 2.45) is 9.98 Å². The second-order valence-corrected chi connectivity index (χ2v) is 10.3. The van der Waals surface area contributed by atoms with Crippen molar-refractivity contribution in [3.05, 3.63) is 95.0 Å². The van der Waals surface area contributed by atoms with E-state index in [0.717, 1.165) is 25.0 Å². The van der Waals surface area contributed by atoms with Gasteiger partial charge >= 0.3 is 12.4 Å². The lowest BCUT2D eigenvalue weighted by molar-refractivity contribution is -0.137. The topological polar surface area (TPSA) is 78.8 Å². The molecule has 0 aliphatic heterocycles. The zero-order chi connectivity index (χ0) is 33.7. The first-order chi connectivity index (χ1) is 21.8. The molecular weight excluding hydrogens is 661 g/mol. The minimum absolute atomic E-state index is 0.00249. The molecule has 0 spiro atoms. The molecule has 0 N–H and O–H groups in total. The lowest BCUT2D eigenvalue weighted by Gasteiger charge is -2.13. The van der Waals surface area contributed by atoms with E-state index in [0.29, 0.717) is 24.9 Å². The van der Waals surface area contributed by atoms with Crippen molar-refractivity contribution in [2.45, 2.75) is 39.0 Å². The number of imidazole rings is 2. The van der Waals surface area contributed by atoms with Gasteiger partial charge < -0.3 is 9.47 Å². The lowest BCUT2D eigenvalue weighted by atomic mass is 10.1. The molecule has 2 heterocycles. The van der Waals surface area contributed by atoms with Crippen molar-refractivity contribution in [3.8, 4) is 0 Å². The van der Waals surface area contributed by atoms with E-state index in [1.54, 1.807) is 12.4 Å². The Morgan fingerprint density at radius 2 is 1.09 bits per heavy atom. The van der Waals surface area contributed by atoms with Crippen LogP contribution in [0.15, 0.2) is 83.8 Å². The first-order valence-corrected chi connectivity index (χ1v) is 14.6. The van der Waals surface area contributed by atoms with E-state index in [4.69, 9.17) is 32.7 Å². The highest BCUT2D eigenvalue weighted by molar-refractivity contribution is 6.31. The molecule has 0 radical (unpaired) electrons. The highest BCUT2D eigenvalue weighted by atomic mass is 35.5. The van der Waals surface area contributed by atoms with Crippen molar-refractivity contribution in [2.75, 3.05) is 26.4 Å². The minimum atomic E-state index is -4.55. The van der Waals surface area contributed by atoms with Gasteiger partial charge in [0.1, 0.15) is 37.5 Å². The van der Waals surface area contributed by atoms with E-state index >= 15 is 0 Å². The molecule has 0 atom stereocenters. The van der Waals surface area contributed by atoms with Crippen LogP contribution in [0, 0.1) is 0 Å². The molecule has 4 aromatic rings. The number of halogens is 8. The van der Waals surface area contributed by atoms with E-state index in [-0.39, 0.29) is 34.6 Å². The van der Waals surface area contributed by atoms with Crippen LogP contribution in [0.5, 0.6) is 0 Å². The number of hydrogen-bond donors (Lipinski definition) is 0. The van der Waals surface area contributed by atoms with Crippen molar-refractivity contribution in [1.82, 2.24) is 19.1 Å². The maximum Gasteiger partial charge on any atom is 0.418 e. The Balaban J connectivity index is 0.000000250. The number of rotatable bonds is 10. The maximum atomic E-state index is 13.1. The third-order valence-corrected chi connectivity index (χ3v) is 6.26. The Morgan fingerprint density at radius 1 is 0.696 bits per heavy atom. The number of nitrogens with zero attached hydrogens (tertiary/aromatic N) is 6. The number of hydrogen-bond acceptors (Lipinski definition) is 6. The molecule has 0 aliphatic rings. The SMILES string of the molecule is CCCOCC(=Nc1ccc(Cl)cc1C(F)(F)F)n1ccnc1.CCCOCC(=Nc1ccc(Cl)cc1C(F)(F)F)n1ccnc1. The van der Waals surface area contributed by atoms with Gasteiger partial charge in [0.05, 0.1) is 22.5 Å². The van der Waals surface area contributed by atoms with Gasteiger partial charge in [-0.2, -0.15) is 26.3 Å². The van der Waals surface area contributed by atoms with Crippen LogP contribution in [0.3, 0.4) is 0 Å². The van der Waals surface area contributed by atoms with Crippen molar-refractivity contribution in [3.63, 3.8) is 0 Å². The number of aromatic nitrogens is 4. The average molecular weight is 692 g/mol. The van der Waals surface area contributed by atoms with Gasteiger partial charge in [0.25, 0.3) is 0 Å². The third-order valence-electron chi connectivity index (χ3n) is 5.79. The Labute approximate surface area is 271 Å². The lowest BCUT2D eigenvalue weighted by Crippen LogP contribution is -2.18. The summed E-state index contributed by atoms with van der Waals surface area (Å²) >= 11 is 11.3. The summed E-state index contributed by atoms with van der Waals surface area (Å²) in [5.74, 6) is 0.618. The molecule has 2 aromatic carbocycles. The van der Waals surface area contributed by atoms with Crippen LogP contribution in [-0.2, 0) is 21.8 Å². The number of alkyl halides is 6. The van der Waals surface area contributed by atoms with Crippen molar-refractivity contribution in [1.29, 1.82) is 0 Å². The second kappa shape index (κ2) is 17.3. The van der Waals surface area contributed by atoms with Gasteiger partial charge in [0, 0.05) is 48.0 Å². The van der Waals surface area contributed by atoms with Crippen molar-refractivity contribution < 1.29 is 35.8 Å². The van der Waals surface area contributed by atoms with Crippen LogP contribution >= 0.6 is 23.2 Å². The largest absolute Gasteiger partial charge is 0.418 e. The maximum absolute atomic E-state index is 13.1. The molecule has 0 unspecified atom stereocenters. The molecular formula is C30H30Cl2F6N6O2. The van der Waals surface area contributed by atoms with Crippen LogP contribution in [0.25, 0.3) is 0 Å². The summed E-state index contributed by atoms with van der Waals surface area (Å²) < 4.78 is 92.7. The van der Waals surface area contributed by atoms with E-state index in [9.17, 15) is 26.3 Å². The van der Waals surface area contributed by atoms with E-state index in [1.807, 2.05) is 13.8 Å². The number of aliphatic imine (C=N–C) groups is 2. The zero-order valence-corrected chi connectivity index (χ0v) is 26.2. The van der Waals surface area contributed by atoms with E-state index in [1.165, 1.54) is 58.4 Å². The third kappa shape index (κ3) is 11.3. The van der Waals surface area contributed by atoms with Gasteiger partial charge in [-0.05, 0) is 49.2 Å². The van der Waals surface area contributed by atoms with Crippen molar-refractivity contribution >= 4 is 46.2 Å². The molecule has 0 saturated carbocycles. The summed E-state index contributed by atoms with van der Waals surface area (Å²) in [6.07, 6.45) is 1.63. The highest BCUT2D eigenvalue weighted by Crippen LogP contribution is 2.39. The molecule has 16 heteroatoms. The summed E-state index contributed by atoms with van der Waals surface area (Å²) in [5, 5.41) is 0.00498. The summed E-state index contributed by atoms with van der Waals surface area (Å²) in [6, 6.07) is 6.93. The fraction of sp³-hybridized carbons (Fsp3) is 0.333. The van der Waals surface area contributed by atoms with Crippen LogP contribution < -0.4 is 0 Å². The number of ether oxygens (including phenoxy) is 2. The standard InChI is InChI=1S/2C15H15ClF3N3O/c2*1-2-7-23-9-14(22-6-5-20-10-22)21-13-4-3-11(16)8-12(13)15(17,18)19/h2*3-6,8,10H,2,7,9H2,1H3. The predicted octanol–water partition coefficient (Wildman–Crippen LogP) is 9.12. The monoisotopic (exact) mass is 690 g/mol. The summed E-state index contributed by atoms with van der Waals surface area (Å²) in [6.45, 7) is 5.00. The quantitative estimate of drug-likeness (QED) is 0.0720. The summed E-state index contributed by atoms with van der Waals surface area (Å²) in [4.78, 5) is 16.0. The summed E-state index contributed by atoms with van der Waals surface area (Å²) in [5.41, 5.74) is -2.22. The van der Waals surface area contributed by atoms with Gasteiger partial charge in [0.15, 0.2) is 0 Å². The minimum Gasteiger partial charge on any atom is -0.374 e. The highest BCUT2D eigenvalue weighted by Gasteiger charge is 2.35. The van der Waals surface area contributed by atoms with E-state index < -0.39 is 23.5 Å². The van der Waals surface area contributed by atoms with Gasteiger partial charge in [-0.3, -0.25) is 9.13 Å². The first kappa shape index (κ1) is 36.7. The Hall–Kier alpha value is -3.72. The average Bonchev–Trinajstić information content (AvgIpc) is 3.73. The zero-order valence-electron chi connectivity index (χ0n) is 24.7. The Bertz CT molecular complexity index is 1460. The van der Waals surface area contributed by atoms with Crippen LogP contribution in [-0.4, -0.2) is 57.2 Å². The molecule has 248 valence electrons. The Morgan fingerprint density at radius 3 is 1.39 bits per heavy atom. The predicted molar refractivity (Wildman–Crippen MR) is 165 cm³/mol. The fourth-order valence-corrected chi connectivity index (χ4v) is 4.06. The van der Waals surface area contributed by atoms with Gasteiger partial charge in [0.2, 0.25) is 0 Å². The Kier molecular flexibility index (Phi) is 13.8. The molecule has 4 rings (SSSR count).